The smallest absolute Gasteiger partial charge is 0.139 e. The van der Waals surface area contributed by atoms with Crippen molar-refractivity contribution < 1.29 is 4.74 Å². The largest absolute Gasteiger partial charge is 0.375 e. The minimum atomic E-state index is 0.464. The Labute approximate surface area is 68.1 Å². The minimum absolute atomic E-state index is 0.464. The molecule has 5 heteroatoms. The first-order valence-corrected chi connectivity index (χ1v) is 4.04. The Morgan fingerprint density at radius 1 is 1.70 bits per heavy atom. The van der Waals surface area contributed by atoms with Gasteiger partial charge in [0.1, 0.15) is 10.0 Å². The molecule has 0 aliphatic heterocycles. The van der Waals surface area contributed by atoms with E-state index in [4.69, 9.17) is 16.3 Å². The van der Waals surface area contributed by atoms with Gasteiger partial charge in [0.15, 0.2) is 0 Å². The van der Waals surface area contributed by atoms with Crippen molar-refractivity contribution >= 4 is 23.1 Å². The molecule has 3 nitrogen and oxygen atoms in total. The predicted molar refractivity (Wildman–Crippen MR) is 40.2 cm³/mol. The van der Waals surface area contributed by atoms with Gasteiger partial charge in [-0.2, -0.15) is 0 Å². The van der Waals surface area contributed by atoms with E-state index in [2.05, 4.69) is 9.59 Å². The predicted octanol–water partition coefficient (Wildman–Crippen LogP) is 1.73. The molecule has 0 fully saturated rings. The molecule has 0 aliphatic carbocycles. The van der Waals surface area contributed by atoms with E-state index in [0.717, 1.165) is 5.69 Å². The molecule has 0 radical (unpaired) electrons. The van der Waals surface area contributed by atoms with Crippen LogP contribution in [0.5, 0.6) is 0 Å². The maximum atomic E-state index is 5.69. The fourth-order valence-electron chi connectivity index (χ4n) is 0.482. The summed E-state index contributed by atoms with van der Waals surface area (Å²) in [6, 6.07) is 0. The number of hydrogen-bond donors (Lipinski definition) is 0. The van der Waals surface area contributed by atoms with Crippen molar-refractivity contribution in [1.82, 2.24) is 9.59 Å². The third-order valence-electron chi connectivity index (χ3n) is 0.952. The van der Waals surface area contributed by atoms with E-state index in [0.29, 0.717) is 17.6 Å². The average Bonchev–Trinajstić information content (AvgIpc) is 2.31. The van der Waals surface area contributed by atoms with E-state index in [-0.39, 0.29) is 0 Å². The second kappa shape index (κ2) is 3.85. The highest BCUT2D eigenvalue weighted by atomic mass is 35.5. The van der Waals surface area contributed by atoms with Crippen LogP contribution in [0.3, 0.4) is 0 Å². The minimum Gasteiger partial charge on any atom is -0.375 e. The Morgan fingerprint density at radius 3 is 3.00 bits per heavy atom. The van der Waals surface area contributed by atoms with Crippen LogP contribution in [0.25, 0.3) is 0 Å². The SMILES string of the molecule is CCOCc1nnsc1Cl. The lowest BCUT2D eigenvalue weighted by Gasteiger charge is -1.94. The second-order valence-electron chi connectivity index (χ2n) is 1.63. The standard InChI is InChI=1S/C5H7ClN2OS/c1-2-9-3-4-5(6)10-8-7-4/h2-3H2,1H3. The Bertz CT molecular complexity index is 203. The molecule has 1 heterocycles. The van der Waals surface area contributed by atoms with E-state index in [9.17, 15) is 0 Å². The third kappa shape index (κ3) is 1.90. The van der Waals surface area contributed by atoms with Crippen molar-refractivity contribution in [2.24, 2.45) is 0 Å². The van der Waals surface area contributed by atoms with Crippen LogP contribution >= 0.6 is 23.1 Å². The van der Waals surface area contributed by atoms with Gasteiger partial charge in [-0.25, -0.2) is 0 Å². The van der Waals surface area contributed by atoms with Crippen molar-refractivity contribution in [2.75, 3.05) is 6.61 Å². The summed E-state index contributed by atoms with van der Waals surface area (Å²) in [5, 5.41) is 3.76. The monoisotopic (exact) mass is 178 g/mol. The summed E-state index contributed by atoms with van der Waals surface area (Å²) in [7, 11) is 0. The number of aromatic nitrogens is 2. The summed E-state index contributed by atoms with van der Waals surface area (Å²) < 4.78 is 9.35. The molecule has 1 aromatic heterocycles. The maximum absolute atomic E-state index is 5.69. The summed E-state index contributed by atoms with van der Waals surface area (Å²) in [5.74, 6) is 0. The molecule has 0 saturated carbocycles. The molecule has 0 aliphatic rings. The molecule has 1 rings (SSSR count). The van der Waals surface area contributed by atoms with Crippen LogP contribution in [-0.2, 0) is 11.3 Å². The first kappa shape index (κ1) is 7.91. The number of ether oxygens (including phenoxy) is 1. The zero-order chi connectivity index (χ0) is 7.40. The van der Waals surface area contributed by atoms with Crippen molar-refractivity contribution in [3.8, 4) is 0 Å². The molecule has 0 spiro atoms. The molecular formula is C5H7ClN2OS. The van der Waals surface area contributed by atoms with E-state index in [1.165, 1.54) is 11.5 Å². The van der Waals surface area contributed by atoms with E-state index >= 15 is 0 Å². The van der Waals surface area contributed by atoms with Crippen molar-refractivity contribution in [1.29, 1.82) is 0 Å². The van der Waals surface area contributed by atoms with Crippen molar-refractivity contribution in [2.45, 2.75) is 13.5 Å². The van der Waals surface area contributed by atoms with Gasteiger partial charge < -0.3 is 4.74 Å². The average molecular weight is 179 g/mol. The van der Waals surface area contributed by atoms with Gasteiger partial charge in [-0.3, -0.25) is 0 Å². The zero-order valence-electron chi connectivity index (χ0n) is 5.50. The fourth-order valence-corrected chi connectivity index (χ4v) is 1.08. The zero-order valence-corrected chi connectivity index (χ0v) is 7.08. The Kier molecular flexibility index (Phi) is 3.05. The summed E-state index contributed by atoms with van der Waals surface area (Å²) in [5.41, 5.74) is 0.730. The lowest BCUT2D eigenvalue weighted by molar-refractivity contribution is 0.131. The Balaban J connectivity index is 2.49. The van der Waals surface area contributed by atoms with Gasteiger partial charge in [-0.05, 0) is 6.92 Å². The lowest BCUT2D eigenvalue weighted by atomic mass is 10.5. The van der Waals surface area contributed by atoms with Gasteiger partial charge in [0.2, 0.25) is 0 Å². The van der Waals surface area contributed by atoms with Crippen molar-refractivity contribution in [3.63, 3.8) is 0 Å². The summed E-state index contributed by atoms with van der Waals surface area (Å²) in [6.07, 6.45) is 0. The number of hydrogen-bond acceptors (Lipinski definition) is 4. The van der Waals surface area contributed by atoms with Gasteiger partial charge >= 0.3 is 0 Å². The number of halogens is 1. The summed E-state index contributed by atoms with van der Waals surface area (Å²) in [6.45, 7) is 3.06. The van der Waals surface area contributed by atoms with E-state index in [1.807, 2.05) is 6.92 Å². The molecule has 1 aromatic rings. The van der Waals surface area contributed by atoms with Crippen LogP contribution in [0.1, 0.15) is 12.6 Å². The molecule has 56 valence electrons. The normalized spacial score (nSPS) is 10.2. The Morgan fingerprint density at radius 2 is 2.50 bits per heavy atom. The number of rotatable bonds is 3. The van der Waals surface area contributed by atoms with Gasteiger partial charge in [-0.1, -0.05) is 16.1 Å². The highest BCUT2D eigenvalue weighted by molar-refractivity contribution is 7.10. The van der Waals surface area contributed by atoms with Crippen LogP contribution in [-0.4, -0.2) is 16.2 Å². The van der Waals surface area contributed by atoms with Gasteiger partial charge in [0, 0.05) is 18.1 Å². The quantitative estimate of drug-likeness (QED) is 0.707. The van der Waals surface area contributed by atoms with E-state index < -0.39 is 0 Å². The maximum Gasteiger partial charge on any atom is 0.139 e. The topological polar surface area (TPSA) is 35.0 Å². The Hall–Kier alpha value is -0.190. The third-order valence-corrected chi connectivity index (χ3v) is 1.94. The van der Waals surface area contributed by atoms with Crippen LogP contribution < -0.4 is 0 Å². The molecule has 0 N–H and O–H groups in total. The molecule has 0 atom stereocenters. The molecule has 0 bridgehead atoms. The van der Waals surface area contributed by atoms with Gasteiger partial charge in [-0.15, -0.1) is 5.10 Å². The molecule has 0 amide bonds. The van der Waals surface area contributed by atoms with Crippen LogP contribution in [0.2, 0.25) is 4.34 Å². The molecule has 0 saturated heterocycles. The number of nitrogens with zero attached hydrogens (tertiary/aromatic N) is 2. The van der Waals surface area contributed by atoms with Crippen LogP contribution in [0.4, 0.5) is 0 Å². The summed E-state index contributed by atoms with van der Waals surface area (Å²) in [4.78, 5) is 0. The molecule has 10 heavy (non-hydrogen) atoms. The highest BCUT2D eigenvalue weighted by Crippen LogP contribution is 2.17. The van der Waals surface area contributed by atoms with Gasteiger partial charge in [0.05, 0.1) is 6.61 Å². The molecular weight excluding hydrogens is 172 g/mol. The highest BCUT2D eigenvalue weighted by Gasteiger charge is 2.03. The first-order valence-electron chi connectivity index (χ1n) is 2.89. The molecule has 0 unspecified atom stereocenters. The van der Waals surface area contributed by atoms with E-state index in [1.54, 1.807) is 0 Å². The lowest BCUT2D eigenvalue weighted by Crippen LogP contribution is -1.92. The first-order chi connectivity index (χ1) is 4.84. The fraction of sp³-hybridized carbons (Fsp3) is 0.600. The van der Waals surface area contributed by atoms with Crippen LogP contribution in [0, 0.1) is 0 Å². The summed E-state index contributed by atoms with van der Waals surface area (Å²) >= 11 is 6.87. The second-order valence-corrected chi connectivity index (χ2v) is 2.99. The van der Waals surface area contributed by atoms with Crippen molar-refractivity contribution in [3.05, 3.63) is 10.0 Å². The van der Waals surface area contributed by atoms with Crippen LogP contribution in [0.15, 0.2) is 0 Å². The molecule has 0 aromatic carbocycles. The van der Waals surface area contributed by atoms with Gasteiger partial charge in [0.25, 0.3) is 0 Å².